The van der Waals surface area contributed by atoms with Crippen LogP contribution >= 0.6 is 0 Å². The Hall–Kier alpha value is -1.85. The van der Waals surface area contributed by atoms with Crippen molar-refractivity contribution >= 4 is 12.2 Å². The molecule has 1 heterocycles. The molecule has 0 aliphatic carbocycles. The molecular formula is C6H7N3O3. The summed E-state index contributed by atoms with van der Waals surface area (Å²) in [5.41, 5.74) is 0.584. The van der Waals surface area contributed by atoms with Crippen molar-refractivity contribution in [2.75, 3.05) is 6.61 Å². The summed E-state index contributed by atoms with van der Waals surface area (Å²) in [5, 5.41) is 17.8. The summed E-state index contributed by atoms with van der Waals surface area (Å²) in [7, 11) is 0. The highest BCUT2D eigenvalue weighted by Crippen LogP contribution is 1.85. The fourth-order valence-electron chi connectivity index (χ4n) is 0.527. The molecule has 64 valence electrons. The lowest BCUT2D eigenvalue weighted by Crippen LogP contribution is -2.03. The van der Waals surface area contributed by atoms with E-state index in [1.807, 2.05) is 0 Å². The van der Waals surface area contributed by atoms with E-state index in [-0.39, 0.29) is 0 Å². The van der Waals surface area contributed by atoms with Crippen molar-refractivity contribution in [2.24, 2.45) is 5.16 Å². The Balaban J connectivity index is 2.27. The number of hydrogen-bond donors (Lipinski definition) is 2. The third-order valence-electron chi connectivity index (χ3n) is 0.970. The molecule has 12 heavy (non-hydrogen) atoms. The zero-order chi connectivity index (χ0) is 8.81. The number of carbonyl (C=O) groups is 1. The summed E-state index contributed by atoms with van der Waals surface area (Å²) in [6.45, 7) is -0.444. The number of rotatable bonds is 4. The SMILES string of the molecule is O=C(O)CON=Cc1cc[nH]n1. The van der Waals surface area contributed by atoms with E-state index >= 15 is 0 Å². The third kappa shape index (κ3) is 2.82. The summed E-state index contributed by atoms with van der Waals surface area (Å²) in [6, 6.07) is 1.67. The molecule has 0 saturated heterocycles. The molecule has 0 saturated carbocycles. The molecule has 0 atom stereocenters. The van der Waals surface area contributed by atoms with Crippen LogP contribution in [0.5, 0.6) is 0 Å². The quantitative estimate of drug-likeness (QED) is 0.484. The molecule has 0 amide bonds. The number of carboxylic acids is 1. The van der Waals surface area contributed by atoms with E-state index in [0.717, 1.165) is 0 Å². The van der Waals surface area contributed by atoms with Crippen molar-refractivity contribution in [3.8, 4) is 0 Å². The molecule has 0 aliphatic heterocycles. The molecule has 0 spiro atoms. The van der Waals surface area contributed by atoms with Crippen molar-refractivity contribution in [2.45, 2.75) is 0 Å². The van der Waals surface area contributed by atoms with E-state index in [0.29, 0.717) is 5.69 Å². The number of H-pyrrole nitrogens is 1. The van der Waals surface area contributed by atoms with E-state index in [9.17, 15) is 4.79 Å². The van der Waals surface area contributed by atoms with Crippen LogP contribution in [0.2, 0.25) is 0 Å². The molecule has 0 radical (unpaired) electrons. The summed E-state index contributed by atoms with van der Waals surface area (Å²) in [4.78, 5) is 14.3. The lowest BCUT2D eigenvalue weighted by atomic mass is 10.5. The summed E-state index contributed by atoms with van der Waals surface area (Å²) in [6.07, 6.45) is 2.94. The second-order valence-corrected chi connectivity index (χ2v) is 1.90. The predicted octanol–water partition coefficient (Wildman–Crippen LogP) is -0.155. The lowest BCUT2D eigenvalue weighted by Gasteiger charge is -1.89. The number of aliphatic carboxylic acids is 1. The van der Waals surface area contributed by atoms with Gasteiger partial charge in [-0.25, -0.2) is 4.79 Å². The second kappa shape index (κ2) is 4.12. The molecule has 1 aromatic rings. The first-order valence-electron chi connectivity index (χ1n) is 3.16. The Kier molecular flexibility index (Phi) is 2.83. The first-order valence-corrected chi connectivity index (χ1v) is 3.16. The number of nitrogens with zero attached hydrogens (tertiary/aromatic N) is 2. The molecule has 1 rings (SSSR count). The van der Waals surface area contributed by atoms with Gasteiger partial charge < -0.3 is 9.94 Å². The standard InChI is InChI=1S/C6H7N3O3/c10-6(11)4-12-8-3-5-1-2-7-9-5/h1-3H,4H2,(H,7,9)(H,10,11). The van der Waals surface area contributed by atoms with Gasteiger partial charge in [-0.05, 0) is 6.07 Å². The number of oxime groups is 1. The fourth-order valence-corrected chi connectivity index (χ4v) is 0.527. The highest BCUT2D eigenvalue weighted by Gasteiger charge is 1.93. The normalized spacial score (nSPS) is 10.3. The van der Waals surface area contributed by atoms with Gasteiger partial charge in [0.15, 0.2) is 0 Å². The van der Waals surface area contributed by atoms with E-state index in [1.54, 1.807) is 12.3 Å². The van der Waals surface area contributed by atoms with Gasteiger partial charge in [0, 0.05) is 6.20 Å². The molecule has 0 fully saturated rings. The Morgan fingerprint density at radius 1 is 1.92 bits per heavy atom. The van der Waals surface area contributed by atoms with Gasteiger partial charge in [0.2, 0.25) is 6.61 Å². The minimum absolute atomic E-state index is 0.444. The zero-order valence-electron chi connectivity index (χ0n) is 6.10. The minimum atomic E-state index is -1.06. The summed E-state index contributed by atoms with van der Waals surface area (Å²) >= 11 is 0. The Morgan fingerprint density at radius 3 is 3.33 bits per heavy atom. The molecule has 0 bridgehead atoms. The highest BCUT2D eigenvalue weighted by atomic mass is 16.6. The highest BCUT2D eigenvalue weighted by molar-refractivity contribution is 5.76. The first-order chi connectivity index (χ1) is 5.79. The number of nitrogens with one attached hydrogen (secondary N) is 1. The number of carboxylic acid groups (broad SMARTS) is 1. The van der Waals surface area contributed by atoms with Gasteiger partial charge in [0.25, 0.3) is 0 Å². The largest absolute Gasteiger partial charge is 0.479 e. The van der Waals surface area contributed by atoms with Crippen LogP contribution in [-0.2, 0) is 9.63 Å². The molecule has 0 unspecified atom stereocenters. The topological polar surface area (TPSA) is 87.6 Å². The Morgan fingerprint density at radius 2 is 2.75 bits per heavy atom. The van der Waals surface area contributed by atoms with Gasteiger partial charge in [0.1, 0.15) is 5.69 Å². The van der Waals surface area contributed by atoms with E-state index < -0.39 is 12.6 Å². The molecule has 2 N–H and O–H groups in total. The van der Waals surface area contributed by atoms with Crippen LogP contribution in [0.1, 0.15) is 5.69 Å². The van der Waals surface area contributed by atoms with Crippen molar-refractivity contribution in [3.05, 3.63) is 18.0 Å². The monoisotopic (exact) mass is 169 g/mol. The number of hydrogen-bond acceptors (Lipinski definition) is 4. The molecule has 1 aromatic heterocycles. The van der Waals surface area contributed by atoms with Crippen LogP contribution in [-0.4, -0.2) is 34.1 Å². The van der Waals surface area contributed by atoms with Crippen LogP contribution < -0.4 is 0 Å². The van der Waals surface area contributed by atoms with E-state index in [1.165, 1.54) is 6.21 Å². The summed E-state index contributed by atoms with van der Waals surface area (Å²) < 4.78 is 0. The van der Waals surface area contributed by atoms with Crippen LogP contribution in [0.15, 0.2) is 17.4 Å². The van der Waals surface area contributed by atoms with Crippen LogP contribution in [0, 0.1) is 0 Å². The smallest absolute Gasteiger partial charge is 0.344 e. The van der Waals surface area contributed by atoms with Crippen molar-refractivity contribution < 1.29 is 14.7 Å². The number of aromatic amines is 1. The fraction of sp³-hybridized carbons (Fsp3) is 0.167. The maximum Gasteiger partial charge on any atom is 0.344 e. The van der Waals surface area contributed by atoms with E-state index in [2.05, 4.69) is 20.2 Å². The lowest BCUT2D eigenvalue weighted by molar-refractivity contribution is -0.142. The molecule has 6 heteroatoms. The van der Waals surface area contributed by atoms with Crippen molar-refractivity contribution in [1.82, 2.24) is 10.2 Å². The van der Waals surface area contributed by atoms with Gasteiger partial charge in [0.05, 0.1) is 6.21 Å². The van der Waals surface area contributed by atoms with Crippen LogP contribution in [0.3, 0.4) is 0 Å². The predicted molar refractivity (Wildman–Crippen MR) is 39.8 cm³/mol. The average Bonchev–Trinajstić information content (AvgIpc) is 2.49. The average molecular weight is 169 g/mol. The van der Waals surface area contributed by atoms with Crippen molar-refractivity contribution in [1.29, 1.82) is 0 Å². The van der Waals surface area contributed by atoms with Gasteiger partial charge in [-0.3, -0.25) is 5.10 Å². The van der Waals surface area contributed by atoms with Crippen molar-refractivity contribution in [3.63, 3.8) is 0 Å². The first kappa shape index (κ1) is 8.25. The van der Waals surface area contributed by atoms with Gasteiger partial charge in [-0.2, -0.15) is 5.10 Å². The van der Waals surface area contributed by atoms with Gasteiger partial charge >= 0.3 is 5.97 Å². The molecular weight excluding hydrogens is 162 g/mol. The summed E-state index contributed by atoms with van der Waals surface area (Å²) in [5.74, 6) is -1.06. The minimum Gasteiger partial charge on any atom is -0.479 e. The van der Waals surface area contributed by atoms with Crippen LogP contribution in [0.4, 0.5) is 0 Å². The van der Waals surface area contributed by atoms with Gasteiger partial charge in [-0.1, -0.05) is 5.16 Å². The van der Waals surface area contributed by atoms with Gasteiger partial charge in [-0.15, -0.1) is 0 Å². The second-order valence-electron chi connectivity index (χ2n) is 1.90. The Bertz CT molecular complexity index is 268. The maximum atomic E-state index is 9.94. The zero-order valence-corrected chi connectivity index (χ0v) is 6.10. The third-order valence-corrected chi connectivity index (χ3v) is 0.970. The molecule has 6 nitrogen and oxygen atoms in total. The van der Waals surface area contributed by atoms with E-state index in [4.69, 9.17) is 5.11 Å². The number of aromatic nitrogens is 2. The molecule has 0 aromatic carbocycles. The Labute approximate surface area is 67.8 Å². The van der Waals surface area contributed by atoms with Crippen LogP contribution in [0.25, 0.3) is 0 Å². The maximum absolute atomic E-state index is 9.94. The molecule has 0 aliphatic rings.